The van der Waals surface area contributed by atoms with Crippen molar-refractivity contribution in [2.75, 3.05) is 27.7 Å². The Bertz CT molecular complexity index is 449. The van der Waals surface area contributed by atoms with Crippen LogP contribution < -0.4 is 10.1 Å². The van der Waals surface area contributed by atoms with Crippen LogP contribution in [0.1, 0.15) is 30.1 Å². The molecule has 1 unspecified atom stereocenters. The Kier molecular flexibility index (Phi) is 6.45. The predicted octanol–water partition coefficient (Wildman–Crippen LogP) is 2.29. The van der Waals surface area contributed by atoms with Crippen molar-refractivity contribution in [3.05, 3.63) is 29.6 Å². The molecule has 0 bridgehead atoms. The molecule has 0 heterocycles. The van der Waals surface area contributed by atoms with Gasteiger partial charge in [-0.05, 0) is 32.6 Å². The molecule has 0 fully saturated rings. The fourth-order valence-electron chi connectivity index (χ4n) is 2.03. The number of benzene rings is 1. The van der Waals surface area contributed by atoms with Crippen molar-refractivity contribution in [1.82, 2.24) is 10.2 Å². The lowest BCUT2D eigenvalue weighted by Gasteiger charge is -2.24. The predicted molar refractivity (Wildman–Crippen MR) is 77.7 cm³/mol. The van der Waals surface area contributed by atoms with Crippen molar-refractivity contribution in [2.45, 2.75) is 25.8 Å². The highest BCUT2D eigenvalue weighted by atomic mass is 19.1. The number of hydrogen-bond donors (Lipinski definition) is 1. The van der Waals surface area contributed by atoms with Crippen LogP contribution in [0.25, 0.3) is 0 Å². The second-order valence-corrected chi connectivity index (χ2v) is 4.94. The second kappa shape index (κ2) is 7.85. The Balaban J connectivity index is 2.72. The standard InChI is InChI=1S/C15H23FN2O2/c1-5-7-11(18(2)3)10-17-15(19)12-8-6-9-13(20-4)14(12)16/h6,8-9,11H,5,7,10H2,1-4H3,(H,17,19). The van der Waals surface area contributed by atoms with Crippen molar-refractivity contribution in [3.63, 3.8) is 0 Å². The average Bonchev–Trinajstić information content (AvgIpc) is 2.43. The van der Waals surface area contributed by atoms with Crippen molar-refractivity contribution in [1.29, 1.82) is 0 Å². The molecule has 0 aromatic heterocycles. The van der Waals surface area contributed by atoms with E-state index in [0.29, 0.717) is 6.54 Å². The number of rotatable bonds is 7. The minimum Gasteiger partial charge on any atom is -0.494 e. The number of likely N-dealkylation sites (N-methyl/N-ethyl adjacent to an activating group) is 1. The third-order valence-corrected chi connectivity index (χ3v) is 3.28. The third-order valence-electron chi connectivity index (χ3n) is 3.28. The molecule has 0 aliphatic rings. The lowest BCUT2D eigenvalue weighted by molar-refractivity contribution is 0.0935. The van der Waals surface area contributed by atoms with Crippen molar-refractivity contribution >= 4 is 5.91 Å². The fraction of sp³-hybridized carbons (Fsp3) is 0.533. The van der Waals surface area contributed by atoms with Crippen molar-refractivity contribution in [2.24, 2.45) is 0 Å². The Morgan fingerprint density at radius 1 is 1.45 bits per heavy atom. The number of nitrogens with one attached hydrogen (secondary N) is 1. The largest absolute Gasteiger partial charge is 0.494 e. The lowest BCUT2D eigenvalue weighted by Crippen LogP contribution is -2.40. The highest BCUT2D eigenvalue weighted by Crippen LogP contribution is 2.19. The highest BCUT2D eigenvalue weighted by molar-refractivity contribution is 5.94. The molecule has 0 aliphatic heterocycles. The van der Waals surface area contributed by atoms with E-state index in [1.807, 2.05) is 14.1 Å². The highest BCUT2D eigenvalue weighted by Gasteiger charge is 2.17. The average molecular weight is 282 g/mol. The number of amides is 1. The van der Waals surface area contributed by atoms with Crippen LogP contribution in [-0.2, 0) is 0 Å². The van der Waals surface area contributed by atoms with Crippen LogP contribution in [0.2, 0.25) is 0 Å². The molecule has 0 saturated carbocycles. The van der Waals surface area contributed by atoms with Crippen LogP contribution in [0.5, 0.6) is 5.75 Å². The summed E-state index contributed by atoms with van der Waals surface area (Å²) in [6.07, 6.45) is 2.01. The van der Waals surface area contributed by atoms with Gasteiger partial charge in [0.1, 0.15) is 0 Å². The van der Waals surface area contributed by atoms with Gasteiger partial charge >= 0.3 is 0 Å². The molecule has 1 aromatic carbocycles. The summed E-state index contributed by atoms with van der Waals surface area (Å²) < 4.78 is 18.8. The minimum absolute atomic E-state index is 0.0124. The number of halogens is 1. The van der Waals surface area contributed by atoms with Gasteiger partial charge < -0.3 is 15.0 Å². The summed E-state index contributed by atoms with van der Waals surface area (Å²) in [6, 6.07) is 4.80. The topological polar surface area (TPSA) is 41.6 Å². The van der Waals surface area contributed by atoms with Crippen LogP contribution in [0.4, 0.5) is 4.39 Å². The van der Waals surface area contributed by atoms with Crippen LogP contribution in [-0.4, -0.2) is 44.6 Å². The first-order valence-corrected chi connectivity index (χ1v) is 6.78. The number of carbonyl (C=O) groups is 1. The molecule has 0 aliphatic carbocycles. The molecule has 0 radical (unpaired) electrons. The first-order valence-electron chi connectivity index (χ1n) is 6.78. The Morgan fingerprint density at radius 2 is 2.15 bits per heavy atom. The molecule has 0 spiro atoms. The zero-order chi connectivity index (χ0) is 15.1. The number of methoxy groups -OCH3 is 1. The maximum absolute atomic E-state index is 14.0. The van der Waals surface area contributed by atoms with Gasteiger partial charge in [0.15, 0.2) is 11.6 Å². The molecular weight excluding hydrogens is 259 g/mol. The van der Waals surface area contributed by atoms with Gasteiger partial charge in [0.2, 0.25) is 0 Å². The van der Waals surface area contributed by atoms with Crippen LogP contribution in [0.3, 0.4) is 0 Å². The van der Waals surface area contributed by atoms with Crippen LogP contribution in [0.15, 0.2) is 18.2 Å². The van der Waals surface area contributed by atoms with E-state index in [0.717, 1.165) is 12.8 Å². The molecule has 0 saturated heterocycles. The minimum atomic E-state index is -0.621. The molecule has 1 aromatic rings. The maximum atomic E-state index is 14.0. The number of carbonyl (C=O) groups excluding carboxylic acids is 1. The van der Waals surface area contributed by atoms with Gasteiger partial charge in [-0.25, -0.2) is 4.39 Å². The summed E-state index contributed by atoms with van der Waals surface area (Å²) >= 11 is 0. The Labute approximate surface area is 119 Å². The lowest BCUT2D eigenvalue weighted by atomic mass is 10.1. The molecule has 1 rings (SSSR count). The smallest absolute Gasteiger partial charge is 0.254 e. The van der Waals surface area contributed by atoms with E-state index in [4.69, 9.17) is 4.74 Å². The van der Waals surface area contributed by atoms with Crippen molar-refractivity contribution in [3.8, 4) is 5.75 Å². The summed E-state index contributed by atoms with van der Waals surface area (Å²) in [6.45, 7) is 2.59. The summed E-state index contributed by atoms with van der Waals surface area (Å²) in [4.78, 5) is 14.1. The molecule has 1 amide bonds. The number of ether oxygens (including phenoxy) is 1. The molecule has 4 nitrogen and oxygen atoms in total. The van der Waals surface area contributed by atoms with E-state index in [1.54, 1.807) is 6.07 Å². The molecule has 1 N–H and O–H groups in total. The van der Waals surface area contributed by atoms with E-state index in [-0.39, 0.29) is 17.4 Å². The summed E-state index contributed by atoms with van der Waals surface area (Å²) in [5.41, 5.74) is 0.0124. The summed E-state index contributed by atoms with van der Waals surface area (Å²) in [7, 11) is 5.32. The first kappa shape index (κ1) is 16.4. The van der Waals surface area contributed by atoms with E-state index in [2.05, 4.69) is 17.1 Å². The Morgan fingerprint density at radius 3 is 2.70 bits per heavy atom. The molecular formula is C15H23FN2O2. The Hall–Kier alpha value is -1.62. The first-order chi connectivity index (χ1) is 9.51. The second-order valence-electron chi connectivity index (χ2n) is 4.94. The number of hydrogen-bond acceptors (Lipinski definition) is 3. The molecule has 5 heteroatoms. The van der Waals surface area contributed by atoms with Gasteiger partial charge in [-0.1, -0.05) is 19.4 Å². The molecule has 20 heavy (non-hydrogen) atoms. The monoisotopic (exact) mass is 282 g/mol. The quantitative estimate of drug-likeness (QED) is 0.834. The molecule has 112 valence electrons. The van der Waals surface area contributed by atoms with Gasteiger partial charge in [-0.2, -0.15) is 0 Å². The summed E-state index contributed by atoms with van der Waals surface area (Å²) in [5.74, 6) is -0.955. The van der Waals surface area contributed by atoms with E-state index < -0.39 is 11.7 Å². The molecule has 1 atom stereocenters. The van der Waals surface area contributed by atoms with Crippen LogP contribution >= 0.6 is 0 Å². The van der Waals surface area contributed by atoms with Crippen molar-refractivity contribution < 1.29 is 13.9 Å². The van der Waals surface area contributed by atoms with E-state index in [9.17, 15) is 9.18 Å². The van der Waals surface area contributed by atoms with Gasteiger partial charge in [0.25, 0.3) is 5.91 Å². The normalized spacial score (nSPS) is 12.3. The van der Waals surface area contributed by atoms with Gasteiger partial charge in [-0.15, -0.1) is 0 Å². The van der Waals surface area contributed by atoms with Gasteiger partial charge in [0.05, 0.1) is 12.7 Å². The third kappa shape index (κ3) is 4.20. The zero-order valence-electron chi connectivity index (χ0n) is 12.6. The van der Waals surface area contributed by atoms with Gasteiger partial charge in [0, 0.05) is 12.6 Å². The number of nitrogens with zero attached hydrogens (tertiary/aromatic N) is 1. The summed E-state index contributed by atoms with van der Waals surface area (Å²) in [5, 5.41) is 2.78. The van der Waals surface area contributed by atoms with E-state index >= 15 is 0 Å². The van der Waals surface area contributed by atoms with Crippen LogP contribution in [0, 0.1) is 5.82 Å². The zero-order valence-corrected chi connectivity index (χ0v) is 12.6. The van der Waals surface area contributed by atoms with E-state index in [1.165, 1.54) is 19.2 Å². The SMILES string of the molecule is CCCC(CNC(=O)c1cccc(OC)c1F)N(C)C. The van der Waals surface area contributed by atoms with Gasteiger partial charge in [-0.3, -0.25) is 4.79 Å². The fourth-order valence-corrected chi connectivity index (χ4v) is 2.03. The maximum Gasteiger partial charge on any atom is 0.254 e.